The van der Waals surface area contributed by atoms with Gasteiger partial charge in [0.25, 0.3) is 0 Å². The first-order chi connectivity index (χ1) is 13.4. The van der Waals surface area contributed by atoms with Gasteiger partial charge in [-0.15, -0.1) is 0 Å². The lowest BCUT2D eigenvalue weighted by Crippen LogP contribution is -2.43. The van der Waals surface area contributed by atoms with Crippen LogP contribution in [0.15, 0.2) is 41.4 Å². The first-order valence-corrected chi connectivity index (χ1v) is 10.0. The smallest absolute Gasteiger partial charge is 0.357 e. The second kappa shape index (κ2) is 9.45. The minimum absolute atomic E-state index is 0.191. The molecule has 1 N–H and O–H groups in total. The molecule has 2 aliphatic heterocycles. The number of benzene rings is 1. The van der Waals surface area contributed by atoms with Crippen LogP contribution in [0.4, 0.5) is 13.2 Å². The Morgan fingerprint density at radius 3 is 2.64 bits per heavy atom. The van der Waals surface area contributed by atoms with E-state index in [1.165, 1.54) is 16.0 Å². The van der Waals surface area contributed by atoms with Crippen LogP contribution in [0.2, 0.25) is 0 Å². The number of hydrogen-bond donors (Lipinski definition) is 1. The molecule has 0 amide bonds. The minimum atomic E-state index is -4.12. The molecule has 1 unspecified atom stereocenters. The molecular weight excluding hydrogens is 365 g/mol. The Hall–Kier alpha value is -2.02. The topological polar surface area (TPSA) is 30.9 Å². The summed E-state index contributed by atoms with van der Waals surface area (Å²) in [6.07, 6.45) is -0.149. The molecule has 154 valence electrons. The molecule has 2 heterocycles. The van der Waals surface area contributed by atoms with E-state index in [-0.39, 0.29) is 5.92 Å². The molecular formula is C21H29F3N4. The number of likely N-dealkylation sites (tertiary alicyclic amines) is 1. The molecule has 0 spiro atoms. The van der Waals surface area contributed by atoms with E-state index < -0.39 is 12.7 Å². The molecule has 4 nitrogen and oxygen atoms in total. The van der Waals surface area contributed by atoms with Crippen LogP contribution in [-0.2, 0) is 0 Å². The molecule has 1 saturated heterocycles. The lowest BCUT2D eigenvalue weighted by molar-refractivity contribution is -0.143. The Balaban J connectivity index is 1.56. The van der Waals surface area contributed by atoms with Crippen molar-refractivity contribution in [1.82, 2.24) is 15.1 Å². The summed E-state index contributed by atoms with van der Waals surface area (Å²) in [5.74, 6) is 1.05. The first-order valence-electron chi connectivity index (χ1n) is 10.0. The number of hydrogen-bond acceptors (Lipinski definition) is 2. The Kier molecular flexibility index (Phi) is 6.99. The Morgan fingerprint density at radius 1 is 1.21 bits per heavy atom. The highest BCUT2D eigenvalue weighted by Crippen LogP contribution is 2.24. The van der Waals surface area contributed by atoms with Gasteiger partial charge in [0, 0.05) is 32.7 Å². The third-order valence-corrected chi connectivity index (χ3v) is 5.26. The van der Waals surface area contributed by atoms with E-state index in [0.29, 0.717) is 19.6 Å². The van der Waals surface area contributed by atoms with Crippen LogP contribution in [0.5, 0.6) is 0 Å². The molecule has 1 aromatic carbocycles. The van der Waals surface area contributed by atoms with Crippen molar-refractivity contribution in [1.29, 1.82) is 0 Å². The SMILES string of the molecule is CCNC(=NCC1CCN(CC(F)(F)F)C1)N1CC=C(c2ccccc2)CC1. The lowest BCUT2D eigenvalue weighted by Gasteiger charge is -2.30. The zero-order chi connectivity index (χ0) is 20.0. The molecule has 2 aliphatic rings. The number of nitrogens with one attached hydrogen (secondary N) is 1. The average molecular weight is 394 g/mol. The maximum Gasteiger partial charge on any atom is 0.401 e. The fourth-order valence-electron chi connectivity index (χ4n) is 3.88. The van der Waals surface area contributed by atoms with Crippen LogP contribution < -0.4 is 5.32 Å². The molecule has 3 rings (SSSR count). The normalized spacial score (nSPS) is 21.7. The zero-order valence-electron chi connectivity index (χ0n) is 16.4. The van der Waals surface area contributed by atoms with Crippen molar-refractivity contribution in [2.75, 3.05) is 45.8 Å². The third-order valence-electron chi connectivity index (χ3n) is 5.26. The van der Waals surface area contributed by atoms with Crippen LogP contribution in [0.3, 0.4) is 0 Å². The summed E-state index contributed by atoms with van der Waals surface area (Å²) >= 11 is 0. The van der Waals surface area contributed by atoms with Gasteiger partial charge in [0.15, 0.2) is 5.96 Å². The van der Waals surface area contributed by atoms with E-state index in [2.05, 4.69) is 40.6 Å². The summed E-state index contributed by atoms with van der Waals surface area (Å²) in [7, 11) is 0. The Bertz CT molecular complexity index is 685. The minimum Gasteiger partial charge on any atom is -0.357 e. The average Bonchev–Trinajstić information content (AvgIpc) is 3.11. The van der Waals surface area contributed by atoms with Crippen molar-refractivity contribution in [3.05, 3.63) is 42.0 Å². The second-order valence-corrected chi connectivity index (χ2v) is 7.49. The molecule has 0 bridgehead atoms. The quantitative estimate of drug-likeness (QED) is 0.611. The highest BCUT2D eigenvalue weighted by molar-refractivity contribution is 5.81. The Morgan fingerprint density at radius 2 is 2.00 bits per heavy atom. The van der Waals surface area contributed by atoms with E-state index in [9.17, 15) is 13.2 Å². The van der Waals surface area contributed by atoms with Gasteiger partial charge >= 0.3 is 6.18 Å². The van der Waals surface area contributed by atoms with Crippen LogP contribution in [0, 0.1) is 5.92 Å². The van der Waals surface area contributed by atoms with Crippen molar-refractivity contribution in [2.24, 2.45) is 10.9 Å². The summed E-state index contributed by atoms with van der Waals surface area (Å²) in [6.45, 7) is 5.22. The van der Waals surface area contributed by atoms with Crippen LogP contribution in [-0.4, -0.2) is 67.7 Å². The van der Waals surface area contributed by atoms with Gasteiger partial charge in [-0.05, 0) is 43.4 Å². The van der Waals surface area contributed by atoms with Gasteiger partial charge in [-0.3, -0.25) is 9.89 Å². The third kappa shape index (κ3) is 5.99. The summed E-state index contributed by atoms with van der Waals surface area (Å²) in [6, 6.07) is 10.4. The largest absolute Gasteiger partial charge is 0.401 e. The van der Waals surface area contributed by atoms with Crippen molar-refractivity contribution in [3.63, 3.8) is 0 Å². The van der Waals surface area contributed by atoms with E-state index in [0.717, 1.165) is 38.4 Å². The van der Waals surface area contributed by atoms with Crippen LogP contribution in [0.1, 0.15) is 25.3 Å². The van der Waals surface area contributed by atoms with Gasteiger partial charge in [-0.1, -0.05) is 36.4 Å². The highest BCUT2D eigenvalue weighted by Gasteiger charge is 2.34. The van der Waals surface area contributed by atoms with Gasteiger partial charge < -0.3 is 10.2 Å². The van der Waals surface area contributed by atoms with Crippen molar-refractivity contribution in [3.8, 4) is 0 Å². The standard InChI is InChI=1S/C21H29F3N4/c1-2-25-20(26-14-17-8-11-27(15-17)16-21(22,23)24)28-12-9-19(10-13-28)18-6-4-3-5-7-18/h3-7,9,17H,2,8,10-16H2,1H3,(H,25,26). The molecule has 28 heavy (non-hydrogen) atoms. The molecule has 1 atom stereocenters. The predicted octanol–water partition coefficient (Wildman–Crippen LogP) is 3.63. The molecule has 1 aromatic rings. The zero-order valence-corrected chi connectivity index (χ0v) is 16.4. The molecule has 0 aliphatic carbocycles. The summed E-state index contributed by atoms with van der Waals surface area (Å²) < 4.78 is 37.7. The Labute approximate surface area is 165 Å². The molecule has 0 radical (unpaired) electrons. The maximum atomic E-state index is 12.6. The molecule has 0 aromatic heterocycles. The monoisotopic (exact) mass is 394 g/mol. The van der Waals surface area contributed by atoms with E-state index in [4.69, 9.17) is 4.99 Å². The number of halogens is 3. The highest BCUT2D eigenvalue weighted by atomic mass is 19.4. The number of rotatable bonds is 5. The fourth-order valence-corrected chi connectivity index (χ4v) is 3.88. The van der Waals surface area contributed by atoms with Crippen molar-refractivity contribution in [2.45, 2.75) is 25.9 Å². The maximum absolute atomic E-state index is 12.6. The van der Waals surface area contributed by atoms with Gasteiger partial charge in [0.2, 0.25) is 0 Å². The molecule has 1 fully saturated rings. The van der Waals surface area contributed by atoms with Crippen molar-refractivity contribution < 1.29 is 13.2 Å². The predicted molar refractivity (Wildman–Crippen MR) is 107 cm³/mol. The molecule has 7 heteroatoms. The molecule has 0 saturated carbocycles. The number of guanidine groups is 1. The summed E-state index contributed by atoms with van der Waals surface area (Å²) in [5.41, 5.74) is 2.62. The van der Waals surface area contributed by atoms with Crippen LogP contribution in [0.25, 0.3) is 5.57 Å². The van der Waals surface area contributed by atoms with Gasteiger partial charge in [-0.25, -0.2) is 0 Å². The van der Waals surface area contributed by atoms with E-state index >= 15 is 0 Å². The van der Waals surface area contributed by atoms with Gasteiger partial charge in [-0.2, -0.15) is 13.2 Å². The number of alkyl halides is 3. The number of nitrogens with zero attached hydrogens (tertiary/aromatic N) is 3. The fraction of sp³-hybridized carbons (Fsp3) is 0.571. The van der Waals surface area contributed by atoms with E-state index in [1.807, 2.05) is 13.0 Å². The summed E-state index contributed by atoms with van der Waals surface area (Å²) in [5, 5.41) is 3.33. The van der Waals surface area contributed by atoms with Gasteiger partial charge in [0.1, 0.15) is 0 Å². The first kappa shape index (κ1) is 20.7. The lowest BCUT2D eigenvalue weighted by atomic mass is 10.00. The number of aliphatic imine (C=N–C) groups is 1. The summed E-state index contributed by atoms with van der Waals surface area (Å²) in [4.78, 5) is 8.45. The van der Waals surface area contributed by atoms with Crippen LogP contribution >= 0.6 is 0 Å². The van der Waals surface area contributed by atoms with Crippen molar-refractivity contribution >= 4 is 11.5 Å². The second-order valence-electron chi connectivity index (χ2n) is 7.49. The van der Waals surface area contributed by atoms with E-state index in [1.54, 1.807) is 0 Å². The van der Waals surface area contributed by atoms with Gasteiger partial charge in [0.05, 0.1) is 6.54 Å².